The maximum Gasteiger partial charge on any atom is 0.191 e. The summed E-state index contributed by atoms with van der Waals surface area (Å²) in [6.45, 7) is 8.56. The number of aliphatic imine (C=N–C) groups is 1. The second-order valence-corrected chi connectivity index (χ2v) is 7.41. The number of halogens is 2. The summed E-state index contributed by atoms with van der Waals surface area (Å²) in [5, 5.41) is 17.2. The van der Waals surface area contributed by atoms with E-state index in [0.29, 0.717) is 30.5 Å². The van der Waals surface area contributed by atoms with E-state index < -0.39 is 5.60 Å². The molecule has 9 heteroatoms. The van der Waals surface area contributed by atoms with E-state index in [-0.39, 0.29) is 36.3 Å². The number of nitrogens with one attached hydrogen (secondary N) is 2. The predicted octanol–water partition coefficient (Wildman–Crippen LogP) is 3.80. The van der Waals surface area contributed by atoms with Gasteiger partial charge in [-0.1, -0.05) is 6.07 Å². The number of hydrogen-bond donors (Lipinski definition) is 3. The summed E-state index contributed by atoms with van der Waals surface area (Å²) in [6, 6.07) is 6.85. The number of furan rings is 1. The average molecular weight is 541 g/mol. The number of aryl methyl sites for hydroxylation is 2. The Hall–Kier alpha value is -2.40. The highest BCUT2D eigenvalue weighted by molar-refractivity contribution is 14.0. The molecule has 31 heavy (non-hydrogen) atoms. The van der Waals surface area contributed by atoms with Gasteiger partial charge in [-0.15, -0.1) is 24.0 Å². The van der Waals surface area contributed by atoms with Crippen molar-refractivity contribution in [3.63, 3.8) is 0 Å². The Bertz CT molecular complexity index is 1020. The molecule has 0 aliphatic rings. The van der Waals surface area contributed by atoms with Crippen LogP contribution in [0.1, 0.15) is 36.5 Å². The molecule has 3 aromatic rings. The Balaban J connectivity index is 0.00000341. The third-order valence-electron chi connectivity index (χ3n) is 4.78. The van der Waals surface area contributed by atoms with Crippen LogP contribution in [0.25, 0.3) is 5.69 Å². The topological polar surface area (TPSA) is 87.6 Å². The molecule has 0 bridgehead atoms. The first-order valence-corrected chi connectivity index (χ1v) is 9.89. The molecule has 3 N–H and O–H groups in total. The molecule has 0 aliphatic carbocycles. The van der Waals surface area contributed by atoms with Gasteiger partial charge >= 0.3 is 0 Å². The molecular weight excluding hydrogens is 512 g/mol. The van der Waals surface area contributed by atoms with Gasteiger partial charge in [0.25, 0.3) is 0 Å². The van der Waals surface area contributed by atoms with Gasteiger partial charge in [0.15, 0.2) is 5.96 Å². The maximum atomic E-state index is 14.4. The molecule has 0 fully saturated rings. The van der Waals surface area contributed by atoms with Crippen molar-refractivity contribution in [3.8, 4) is 5.69 Å². The number of benzene rings is 1. The second-order valence-electron chi connectivity index (χ2n) is 7.41. The van der Waals surface area contributed by atoms with E-state index in [1.54, 1.807) is 36.3 Å². The fourth-order valence-electron chi connectivity index (χ4n) is 3.29. The molecule has 168 valence electrons. The normalized spacial score (nSPS) is 13.4. The molecule has 1 aromatic carbocycles. The third-order valence-corrected chi connectivity index (χ3v) is 4.78. The summed E-state index contributed by atoms with van der Waals surface area (Å²) in [5.41, 5.74) is 0.783. The molecule has 0 radical (unpaired) electrons. The van der Waals surface area contributed by atoms with Crippen LogP contribution in [0.15, 0.2) is 52.4 Å². The SMILES string of the molecule is CCNC(=NCc1ccc(-n2ccnc2)c(F)c1)NCC(C)(O)c1cc(C)oc1C.I. The number of guanidine groups is 1. The molecule has 2 heterocycles. The van der Waals surface area contributed by atoms with Gasteiger partial charge in [-0.3, -0.25) is 0 Å². The van der Waals surface area contributed by atoms with E-state index in [4.69, 9.17) is 4.42 Å². The summed E-state index contributed by atoms with van der Waals surface area (Å²) in [5.74, 6) is 1.64. The van der Waals surface area contributed by atoms with Crippen LogP contribution in [0.5, 0.6) is 0 Å². The number of rotatable bonds is 7. The lowest BCUT2D eigenvalue weighted by molar-refractivity contribution is 0.0601. The number of aromatic nitrogens is 2. The Labute approximate surface area is 198 Å². The largest absolute Gasteiger partial charge is 0.466 e. The highest BCUT2D eigenvalue weighted by Gasteiger charge is 2.27. The first kappa shape index (κ1) is 24.9. The van der Waals surface area contributed by atoms with E-state index in [2.05, 4.69) is 20.6 Å². The summed E-state index contributed by atoms with van der Waals surface area (Å²) in [6.07, 6.45) is 4.85. The molecule has 0 amide bonds. The minimum atomic E-state index is -1.13. The van der Waals surface area contributed by atoms with Gasteiger partial charge in [0.1, 0.15) is 22.9 Å². The van der Waals surface area contributed by atoms with Gasteiger partial charge < -0.3 is 24.7 Å². The summed E-state index contributed by atoms with van der Waals surface area (Å²) < 4.78 is 21.6. The van der Waals surface area contributed by atoms with Gasteiger partial charge in [-0.2, -0.15) is 0 Å². The standard InChI is InChI=1S/C22H28FN5O2.HI/c1-5-25-21(27-13-22(4,29)18-10-15(2)30-16(18)3)26-12-17-6-7-20(19(23)11-17)28-9-8-24-14-28;/h6-11,14,29H,5,12-13H2,1-4H3,(H2,25,26,27);1H. The summed E-state index contributed by atoms with van der Waals surface area (Å²) >= 11 is 0. The Morgan fingerprint density at radius 1 is 1.29 bits per heavy atom. The van der Waals surface area contributed by atoms with Crippen molar-refractivity contribution < 1.29 is 13.9 Å². The van der Waals surface area contributed by atoms with Gasteiger partial charge in [0, 0.05) is 24.5 Å². The van der Waals surface area contributed by atoms with Crippen molar-refractivity contribution in [1.29, 1.82) is 0 Å². The molecule has 0 spiro atoms. The van der Waals surface area contributed by atoms with Gasteiger partial charge in [0.05, 0.1) is 25.1 Å². The first-order chi connectivity index (χ1) is 14.3. The Kier molecular flexibility index (Phi) is 8.63. The fraction of sp³-hybridized carbons (Fsp3) is 0.364. The molecule has 0 saturated carbocycles. The maximum absolute atomic E-state index is 14.4. The molecule has 0 saturated heterocycles. The predicted molar refractivity (Wildman–Crippen MR) is 130 cm³/mol. The third kappa shape index (κ3) is 6.30. The Morgan fingerprint density at radius 3 is 2.65 bits per heavy atom. The van der Waals surface area contributed by atoms with E-state index in [0.717, 1.165) is 16.9 Å². The van der Waals surface area contributed by atoms with Crippen LogP contribution >= 0.6 is 24.0 Å². The van der Waals surface area contributed by atoms with Crippen molar-refractivity contribution in [1.82, 2.24) is 20.2 Å². The van der Waals surface area contributed by atoms with Crippen molar-refractivity contribution in [2.75, 3.05) is 13.1 Å². The molecular formula is C22H29FIN5O2. The van der Waals surface area contributed by atoms with Gasteiger partial charge in [-0.25, -0.2) is 14.4 Å². The monoisotopic (exact) mass is 541 g/mol. The van der Waals surface area contributed by atoms with Crippen molar-refractivity contribution in [2.45, 2.75) is 39.8 Å². The fourth-order valence-corrected chi connectivity index (χ4v) is 3.29. The summed E-state index contributed by atoms with van der Waals surface area (Å²) in [4.78, 5) is 8.46. The number of imidazole rings is 1. The van der Waals surface area contributed by atoms with Crippen LogP contribution in [0.3, 0.4) is 0 Å². The number of hydrogen-bond acceptors (Lipinski definition) is 4. The van der Waals surface area contributed by atoms with E-state index in [9.17, 15) is 9.50 Å². The molecule has 2 aromatic heterocycles. The molecule has 1 atom stereocenters. The van der Waals surface area contributed by atoms with Crippen LogP contribution < -0.4 is 10.6 Å². The van der Waals surface area contributed by atoms with Crippen molar-refractivity contribution >= 4 is 29.9 Å². The minimum Gasteiger partial charge on any atom is -0.466 e. The van der Waals surface area contributed by atoms with Crippen LogP contribution in [0.4, 0.5) is 4.39 Å². The zero-order chi connectivity index (χ0) is 21.7. The van der Waals surface area contributed by atoms with Crippen LogP contribution in [0.2, 0.25) is 0 Å². The zero-order valence-electron chi connectivity index (χ0n) is 18.1. The van der Waals surface area contributed by atoms with Crippen LogP contribution in [-0.2, 0) is 12.1 Å². The molecule has 7 nitrogen and oxygen atoms in total. The van der Waals surface area contributed by atoms with E-state index in [1.165, 1.54) is 6.07 Å². The zero-order valence-corrected chi connectivity index (χ0v) is 20.5. The average Bonchev–Trinajstić information content (AvgIpc) is 3.34. The molecule has 0 aliphatic heterocycles. The highest BCUT2D eigenvalue weighted by atomic mass is 127. The van der Waals surface area contributed by atoms with E-state index in [1.807, 2.05) is 32.9 Å². The summed E-state index contributed by atoms with van der Waals surface area (Å²) in [7, 11) is 0. The van der Waals surface area contributed by atoms with Crippen molar-refractivity contribution in [3.05, 3.63) is 71.5 Å². The van der Waals surface area contributed by atoms with Crippen LogP contribution in [0, 0.1) is 19.7 Å². The lowest BCUT2D eigenvalue weighted by atomic mass is 9.96. The lowest BCUT2D eigenvalue weighted by Crippen LogP contribution is -2.44. The van der Waals surface area contributed by atoms with Crippen molar-refractivity contribution in [2.24, 2.45) is 4.99 Å². The molecule has 3 rings (SSSR count). The minimum absolute atomic E-state index is 0. The smallest absolute Gasteiger partial charge is 0.191 e. The second kappa shape index (κ2) is 10.8. The number of aliphatic hydroxyl groups is 1. The quantitative estimate of drug-likeness (QED) is 0.241. The van der Waals surface area contributed by atoms with E-state index >= 15 is 0 Å². The van der Waals surface area contributed by atoms with Crippen LogP contribution in [-0.4, -0.2) is 33.7 Å². The Morgan fingerprint density at radius 2 is 2.06 bits per heavy atom. The number of nitrogens with zero attached hydrogens (tertiary/aromatic N) is 3. The van der Waals surface area contributed by atoms with Gasteiger partial charge in [-0.05, 0) is 51.5 Å². The lowest BCUT2D eigenvalue weighted by Gasteiger charge is -2.24. The molecule has 1 unspecified atom stereocenters. The first-order valence-electron chi connectivity index (χ1n) is 9.89. The van der Waals surface area contributed by atoms with Gasteiger partial charge in [0.2, 0.25) is 0 Å². The highest BCUT2D eigenvalue weighted by Crippen LogP contribution is 2.26.